The number of nitrogens with one attached hydrogen (secondary N) is 2. The number of carbonyl (C=O) groups is 1. The van der Waals surface area contributed by atoms with Crippen molar-refractivity contribution in [1.82, 2.24) is 10.6 Å². The largest absolute Gasteiger partial charge is 0.367 e. The van der Waals surface area contributed by atoms with Crippen molar-refractivity contribution in [1.29, 1.82) is 0 Å². The van der Waals surface area contributed by atoms with Crippen LogP contribution < -0.4 is 10.6 Å². The lowest BCUT2D eigenvalue weighted by Crippen LogP contribution is -2.41. The van der Waals surface area contributed by atoms with Gasteiger partial charge in [0.1, 0.15) is 6.10 Å². The molecule has 3 unspecified atom stereocenters. The summed E-state index contributed by atoms with van der Waals surface area (Å²) >= 11 is 0. The first-order valence-corrected chi connectivity index (χ1v) is 6.28. The first kappa shape index (κ1) is 13.5. The Balaban J connectivity index is 2.17. The molecule has 4 heteroatoms. The van der Waals surface area contributed by atoms with Gasteiger partial charge in [0.25, 0.3) is 0 Å². The summed E-state index contributed by atoms with van der Waals surface area (Å²) in [6.07, 6.45) is 2.96. The lowest BCUT2D eigenvalue weighted by Gasteiger charge is -2.18. The Morgan fingerprint density at radius 2 is 2.31 bits per heavy atom. The van der Waals surface area contributed by atoms with Crippen LogP contribution in [0.5, 0.6) is 0 Å². The smallest absolute Gasteiger partial charge is 0.249 e. The van der Waals surface area contributed by atoms with Crippen molar-refractivity contribution in [2.75, 3.05) is 13.2 Å². The molecule has 0 aromatic heterocycles. The fourth-order valence-electron chi connectivity index (χ4n) is 1.70. The molecule has 1 rings (SSSR count). The van der Waals surface area contributed by atoms with Gasteiger partial charge in [-0.3, -0.25) is 4.79 Å². The molecule has 1 heterocycles. The number of hydrogen-bond acceptors (Lipinski definition) is 3. The second-order valence-corrected chi connectivity index (χ2v) is 4.59. The second kappa shape index (κ2) is 6.86. The van der Waals surface area contributed by atoms with Crippen molar-refractivity contribution >= 4 is 5.91 Å². The van der Waals surface area contributed by atoms with Gasteiger partial charge in [0, 0.05) is 12.1 Å². The molecule has 0 aromatic rings. The Hall–Kier alpha value is -0.610. The predicted molar refractivity (Wildman–Crippen MR) is 64.3 cm³/mol. The normalized spacial score (nSPS) is 24.1. The van der Waals surface area contributed by atoms with Crippen LogP contribution in [0, 0.1) is 0 Å². The third kappa shape index (κ3) is 4.49. The number of hydrogen-bond donors (Lipinski definition) is 2. The average Bonchev–Trinajstić information content (AvgIpc) is 2.78. The second-order valence-electron chi connectivity index (χ2n) is 4.59. The van der Waals surface area contributed by atoms with E-state index < -0.39 is 0 Å². The molecule has 0 radical (unpaired) electrons. The highest BCUT2D eigenvalue weighted by molar-refractivity contribution is 5.80. The monoisotopic (exact) mass is 228 g/mol. The number of ether oxygens (including phenoxy) is 1. The zero-order chi connectivity index (χ0) is 12.0. The zero-order valence-corrected chi connectivity index (χ0v) is 10.6. The summed E-state index contributed by atoms with van der Waals surface area (Å²) in [5, 5.41) is 6.27. The summed E-state index contributed by atoms with van der Waals surface area (Å²) in [6.45, 7) is 7.57. The third-order valence-electron chi connectivity index (χ3n) is 3.08. The SMILES string of the molecule is CCC(C)NC(=O)C(C)OCC1CCCN1. The molecule has 0 aromatic carbocycles. The topological polar surface area (TPSA) is 50.4 Å². The molecule has 4 nitrogen and oxygen atoms in total. The fourth-order valence-corrected chi connectivity index (χ4v) is 1.70. The van der Waals surface area contributed by atoms with Crippen molar-refractivity contribution in [3.8, 4) is 0 Å². The van der Waals surface area contributed by atoms with Gasteiger partial charge < -0.3 is 15.4 Å². The van der Waals surface area contributed by atoms with E-state index in [1.807, 2.05) is 13.8 Å². The van der Waals surface area contributed by atoms with E-state index in [-0.39, 0.29) is 18.1 Å². The Morgan fingerprint density at radius 1 is 1.56 bits per heavy atom. The van der Waals surface area contributed by atoms with Gasteiger partial charge in [0.05, 0.1) is 6.61 Å². The minimum atomic E-state index is -0.351. The van der Waals surface area contributed by atoms with Gasteiger partial charge in [0.15, 0.2) is 0 Å². The Kier molecular flexibility index (Phi) is 5.77. The Bertz CT molecular complexity index is 215. The summed E-state index contributed by atoms with van der Waals surface area (Å²) in [7, 11) is 0. The first-order chi connectivity index (χ1) is 7.63. The van der Waals surface area contributed by atoms with E-state index in [1.165, 1.54) is 6.42 Å². The Morgan fingerprint density at radius 3 is 2.88 bits per heavy atom. The molecular formula is C12H24N2O2. The average molecular weight is 228 g/mol. The van der Waals surface area contributed by atoms with E-state index in [2.05, 4.69) is 17.6 Å². The maximum Gasteiger partial charge on any atom is 0.249 e. The molecular weight excluding hydrogens is 204 g/mol. The third-order valence-corrected chi connectivity index (χ3v) is 3.08. The van der Waals surface area contributed by atoms with Crippen LogP contribution in [0.4, 0.5) is 0 Å². The highest BCUT2D eigenvalue weighted by Gasteiger charge is 2.19. The van der Waals surface area contributed by atoms with Gasteiger partial charge in [0.2, 0.25) is 5.91 Å². The van der Waals surface area contributed by atoms with Crippen molar-refractivity contribution in [2.45, 2.75) is 58.2 Å². The maximum atomic E-state index is 11.7. The van der Waals surface area contributed by atoms with Crippen LogP contribution in [-0.2, 0) is 9.53 Å². The van der Waals surface area contributed by atoms with Crippen LogP contribution in [0.1, 0.15) is 40.0 Å². The van der Waals surface area contributed by atoms with Crippen LogP contribution >= 0.6 is 0 Å². The minimum absolute atomic E-state index is 0.00709. The van der Waals surface area contributed by atoms with E-state index >= 15 is 0 Å². The van der Waals surface area contributed by atoms with Crippen LogP contribution in [0.25, 0.3) is 0 Å². The molecule has 1 amide bonds. The van der Waals surface area contributed by atoms with Crippen LogP contribution in [0.15, 0.2) is 0 Å². The van der Waals surface area contributed by atoms with Gasteiger partial charge in [-0.15, -0.1) is 0 Å². The van der Waals surface area contributed by atoms with Crippen molar-refractivity contribution in [3.05, 3.63) is 0 Å². The number of amides is 1. The molecule has 16 heavy (non-hydrogen) atoms. The summed E-state index contributed by atoms with van der Waals surface area (Å²) < 4.78 is 5.56. The molecule has 2 N–H and O–H groups in total. The van der Waals surface area contributed by atoms with E-state index in [1.54, 1.807) is 0 Å². The van der Waals surface area contributed by atoms with Crippen molar-refractivity contribution < 1.29 is 9.53 Å². The lowest BCUT2D eigenvalue weighted by molar-refractivity contribution is -0.132. The summed E-state index contributed by atoms with van der Waals surface area (Å²) in [5.41, 5.74) is 0. The quantitative estimate of drug-likeness (QED) is 0.714. The highest BCUT2D eigenvalue weighted by atomic mass is 16.5. The van der Waals surface area contributed by atoms with Crippen LogP contribution in [-0.4, -0.2) is 37.2 Å². The molecule has 3 atom stereocenters. The van der Waals surface area contributed by atoms with Crippen LogP contribution in [0.3, 0.4) is 0 Å². The van der Waals surface area contributed by atoms with Gasteiger partial charge in [-0.25, -0.2) is 0 Å². The molecule has 0 aliphatic carbocycles. The molecule has 0 spiro atoms. The van der Waals surface area contributed by atoms with E-state index in [0.717, 1.165) is 19.4 Å². The van der Waals surface area contributed by atoms with E-state index in [4.69, 9.17) is 4.74 Å². The number of carbonyl (C=O) groups excluding carboxylic acids is 1. The molecule has 1 saturated heterocycles. The molecule has 1 fully saturated rings. The molecule has 0 saturated carbocycles. The molecule has 94 valence electrons. The minimum Gasteiger partial charge on any atom is -0.367 e. The highest BCUT2D eigenvalue weighted by Crippen LogP contribution is 2.06. The lowest BCUT2D eigenvalue weighted by atomic mass is 10.2. The van der Waals surface area contributed by atoms with Gasteiger partial charge in [-0.1, -0.05) is 6.92 Å². The molecule has 1 aliphatic heterocycles. The molecule has 0 bridgehead atoms. The van der Waals surface area contributed by atoms with Gasteiger partial charge >= 0.3 is 0 Å². The predicted octanol–water partition coefficient (Wildman–Crippen LogP) is 1.06. The number of rotatable bonds is 6. The van der Waals surface area contributed by atoms with Crippen LogP contribution in [0.2, 0.25) is 0 Å². The standard InChI is InChI=1S/C12H24N2O2/c1-4-9(2)14-12(15)10(3)16-8-11-6-5-7-13-11/h9-11,13H,4-8H2,1-3H3,(H,14,15). The Labute approximate surface area is 98.1 Å². The molecule has 1 aliphatic rings. The summed E-state index contributed by atoms with van der Waals surface area (Å²) in [5.74, 6) is -0.00709. The first-order valence-electron chi connectivity index (χ1n) is 6.28. The fraction of sp³-hybridized carbons (Fsp3) is 0.917. The van der Waals surface area contributed by atoms with E-state index in [0.29, 0.717) is 12.6 Å². The zero-order valence-electron chi connectivity index (χ0n) is 10.6. The van der Waals surface area contributed by atoms with Crippen molar-refractivity contribution in [2.24, 2.45) is 0 Å². The summed E-state index contributed by atoms with van der Waals surface area (Å²) in [6, 6.07) is 0.655. The van der Waals surface area contributed by atoms with Crippen molar-refractivity contribution in [3.63, 3.8) is 0 Å². The maximum absolute atomic E-state index is 11.7. The van der Waals surface area contributed by atoms with E-state index in [9.17, 15) is 4.79 Å². The van der Waals surface area contributed by atoms with Gasteiger partial charge in [-0.2, -0.15) is 0 Å². The summed E-state index contributed by atoms with van der Waals surface area (Å²) in [4.78, 5) is 11.7. The van der Waals surface area contributed by atoms with Gasteiger partial charge in [-0.05, 0) is 39.7 Å².